The van der Waals surface area contributed by atoms with E-state index in [2.05, 4.69) is 0 Å². The van der Waals surface area contributed by atoms with Crippen LogP contribution in [0.25, 0.3) is 11.3 Å². The molecule has 15 heavy (non-hydrogen) atoms. The van der Waals surface area contributed by atoms with Crippen LogP contribution in [0.15, 0.2) is 27.5 Å². The second kappa shape index (κ2) is 3.90. The van der Waals surface area contributed by atoms with E-state index in [9.17, 15) is 4.79 Å². The van der Waals surface area contributed by atoms with E-state index in [4.69, 9.17) is 9.52 Å². The second-order valence-electron chi connectivity index (χ2n) is 3.14. The van der Waals surface area contributed by atoms with Gasteiger partial charge in [-0.15, -0.1) is 0 Å². The van der Waals surface area contributed by atoms with Gasteiger partial charge in [0.25, 0.3) is 0 Å². The zero-order valence-corrected chi connectivity index (χ0v) is 9.00. The monoisotopic (exact) mass is 222 g/mol. The van der Waals surface area contributed by atoms with E-state index in [0.29, 0.717) is 12.2 Å². The van der Waals surface area contributed by atoms with Crippen molar-refractivity contribution in [2.75, 3.05) is 0 Å². The average molecular weight is 222 g/mol. The van der Waals surface area contributed by atoms with Crippen molar-refractivity contribution >= 4 is 17.3 Å². The Bertz CT molecular complexity index is 468. The van der Waals surface area contributed by atoms with Crippen LogP contribution in [0, 0.1) is 0 Å². The topological polar surface area (TPSA) is 50.4 Å². The number of carboxylic acids is 1. The smallest absolute Gasteiger partial charge is 0.339 e. The van der Waals surface area contributed by atoms with E-state index in [1.165, 1.54) is 17.6 Å². The molecule has 2 aromatic rings. The number of thiophene rings is 1. The molecule has 1 N–H and O–H groups in total. The molecule has 2 rings (SSSR count). The Morgan fingerprint density at radius 2 is 2.40 bits per heavy atom. The molecule has 2 heterocycles. The first-order valence-corrected chi connectivity index (χ1v) is 5.54. The summed E-state index contributed by atoms with van der Waals surface area (Å²) in [5, 5.41) is 12.9. The molecular formula is C11H10O3S. The SMILES string of the molecule is CCc1coc(-c2ccsc2)c1C(=O)O. The van der Waals surface area contributed by atoms with Crippen LogP contribution in [0.3, 0.4) is 0 Å². The summed E-state index contributed by atoms with van der Waals surface area (Å²) in [6, 6.07) is 1.86. The summed E-state index contributed by atoms with van der Waals surface area (Å²) >= 11 is 1.52. The normalized spacial score (nSPS) is 10.5. The van der Waals surface area contributed by atoms with Gasteiger partial charge >= 0.3 is 5.97 Å². The van der Waals surface area contributed by atoms with Crippen molar-refractivity contribution < 1.29 is 14.3 Å². The van der Waals surface area contributed by atoms with Gasteiger partial charge in [0, 0.05) is 16.5 Å². The third-order valence-electron chi connectivity index (χ3n) is 2.25. The Balaban J connectivity index is 2.58. The molecule has 0 amide bonds. The van der Waals surface area contributed by atoms with Crippen molar-refractivity contribution in [2.45, 2.75) is 13.3 Å². The lowest BCUT2D eigenvalue weighted by Gasteiger charge is -1.96. The molecule has 0 spiro atoms. The highest BCUT2D eigenvalue weighted by atomic mass is 32.1. The van der Waals surface area contributed by atoms with Crippen molar-refractivity contribution in [1.29, 1.82) is 0 Å². The lowest BCUT2D eigenvalue weighted by atomic mass is 10.1. The summed E-state index contributed by atoms with van der Waals surface area (Å²) in [6.45, 7) is 1.91. The quantitative estimate of drug-likeness (QED) is 0.867. The minimum absolute atomic E-state index is 0.288. The molecule has 0 bridgehead atoms. The first kappa shape index (κ1) is 9.98. The van der Waals surface area contributed by atoms with Gasteiger partial charge in [0.2, 0.25) is 0 Å². The zero-order valence-electron chi connectivity index (χ0n) is 8.19. The van der Waals surface area contributed by atoms with Gasteiger partial charge in [0.1, 0.15) is 11.3 Å². The molecular weight excluding hydrogens is 212 g/mol. The molecule has 0 atom stereocenters. The van der Waals surface area contributed by atoms with Gasteiger partial charge in [0.05, 0.1) is 6.26 Å². The van der Waals surface area contributed by atoms with E-state index in [0.717, 1.165) is 11.1 Å². The van der Waals surface area contributed by atoms with Crippen molar-refractivity contribution in [3.8, 4) is 11.3 Å². The highest BCUT2D eigenvalue weighted by molar-refractivity contribution is 7.08. The van der Waals surface area contributed by atoms with Crippen LogP contribution in [0.5, 0.6) is 0 Å². The summed E-state index contributed by atoms with van der Waals surface area (Å²) in [5.74, 6) is -0.470. The second-order valence-corrected chi connectivity index (χ2v) is 3.92. The maximum Gasteiger partial charge on any atom is 0.339 e. The molecule has 4 heteroatoms. The van der Waals surface area contributed by atoms with E-state index >= 15 is 0 Å². The Morgan fingerprint density at radius 1 is 1.60 bits per heavy atom. The standard InChI is InChI=1S/C11H10O3S/c1-2-7-5-14-10(9(7)11(12)13)8-3-4-15-6-8/h3-6H,2H2,1H3,(H,12,13). The van der Waals surface area contributed by atoms with E-state index in [1.54, 1.807) is 0 Å². The minimum Gasteiger partial charge on any atom is -0.478 e. The number of hydrogen-bond donors (Lipinski definition) is 1. The maximum atomic E-state index is 11.1. The van der Waals surface area contributed by atoms with Gasteiger partial charge in [-0.1, -0.05) is 6.92 Å². The number of carboxylic acid groups (broad SMARTS) is 1. The zero-order chi connectivity index (χ0) is 10.8. The molecule has 0 fully saturated rings. The maximum absolute atomic E-state index is 11.1. The molecule has 0 aliphatic heterocycles. The molecule has 78 valence electrons. The first-order valence-electron chi connectivity index (χ1n) is 4.60. The summed E-state index contributed by atoms with van der Waals surface area (Å²) in [5.41, 5.74) is 1.86. The van der Waals surface area contributed by atoms with Crippen molar-refractivity contribution in [1.82, 2.24) is 0 Å². The lowest BCUT2D eigenvalue weighted by molar-refractivity contribution is 0.0696. The van der Waals surface area contributed by atoms with Crippen LogP contribution in [0.2, 0.25) is 0 Å². The summed E-state index contributed by atoms with van der Waals surface area (Å²) in [7, 11) is 0. The lowest BCUT2D eigenvalue weighted by Crippen LogP contribution is -2.00. The van der Waals surface area contributed by atoms with Crippen molar-refractivity contribution in [3.63, 3.8) is 0 Å². The molecule has 0 unspecified atom stereocenters. The van der Waals surface area contributed by atoms with Gasteiger partial charge < -0.3 is 9.52 Å². The number of furan rings is 1. The Morgan fingerprint density at radius 3 is 2.93 bits per heavy atom. The number of hydrogen-bond acceptors (Lipinski definition) is 3. The van der Waals surface area contributed by atoms with Crippen LogP contribution in [-0.2, 0) is 6.42 Å². The van der Waals surface area contributed by atoms with E-state index in [1.807, 2.05) is 23.8 Å². The Labute approximate surface area is 91.0 Å². The summed E-state index contributed by atoms with van der Waals surface area (Å²) in [6.07, 6.45) is 2.19. The molecule has 0 aliphatic rings. The fourth-order valence-corrected chi connectivity index (χ4v) is 2.13. The van der Waals surface area contributed by atoms with Gasteiger partial charge in [-0.2, -0.15) is 11.3 Å². The number of rotatable bonds is 3. The molecule has 0 saturated heterocycles. The van der Waals surface area contributed by atoms with E-state index in [-0.39, 0.29) is 5.56 Å². The van der Waals surface area contributed by atoms with Crippen LogP contribution >= 0.6 is 11.3 Å². The summed E-state index contributed by atoms with van der Waals surface area (Å²) in [4.78, 5) is 11.1. The Hall–Kier alpha value is -1.55. The molecule has 0 aromatic carbocycles. The molecule has 3 nitrogen and oxygen atoms in total. The predicted molar refractivity (Wildman–Crippen MR) is 58.4 cm³/mol. The molecule has 0 radical (unpaired) electrons. The minimum atomic E-state index is -0.929. The number of aromatic carboxylic acids is 1. The van der Waals surface area contributed by atoms with Gasteiger partial charge in [-0.25, -0.2) is 4.79 Å². The van der Waals surface area contributed by atoms with Gasteiger partial charge in [-0.05, 0) is 17.9 Å². The summed E-state index contributed by atoms with van der Waals surface area (Å²) < 4.78 is 5.32. The highest BCUT2D eigenvalue weighted by Gasteiger charge is 2.20. The fourth-order valence-electron chi connectivity index (χ4n) is 1.49. The van der Waals surface area contributed by atoms with Crippen molar-refractivity contribution in [2.24, 2.45) is 0 Å². The fraction of sp³-hybridized carbons (Fsp3) is 0.182. The van der Waals surface area contributed by atoms with Gasteiger partial charge in [0.15, 0.2) is 0 Å². The van der Waals surface area contributed by atoms with Crippen LogP contribution in [0.1, 0.15) is 22.8 Å². The molecule has 2 aromatic heterocycles. The first-order chi connectivity index (χ1) is 7.24. The van der Waals surface area contributed by atoms with Crippen LogP contribution in [0.4, 0.5) is 0 Å². The predicted octanol–water partition coefficient (Wildman–Crippen LogP) is 3.27. The number of carbonyl (C=O) groups is 1. The third kappa shape index (κ3) is 1.68. The molecule has 0 saturated carbocycles. The van der Waals surface area contributed by atoms with Crippen molar-refractivity contribution in [3.05, 3.63) is 34.2 Å². The average Bonchev–Trinajstić information content (AvgIpc) is 2.85. The highest BCUT2D eigenvalue weighted by Crippen LogP contribution is 2.30. The van der Waals surface area contributed by atoms with Crippen LogP contribution in [-0.4, -0.2) is 11.1 Å². The largest absolute Gasteiger partial charge is 0.478 e. The van der Waals surface area contributed by atoms with E-state index < -0.39 is 5.97 Å². The Kier molecular flexibility index (Phi) is 2.60. The molecule has 0 aliphatic carbocycles. The third-order valence-corrected chi connectivity index (χ3v) is 2.93. The number of aryl methyl sites for hydroxylation is 1. The van der Waals surface area contributed by atoms with Gasteiger partial charge in [-0.3, -0.25) is 0 Å². The van der Waals surface area contributed by atoms with Crippen LogP contribution < -0.4 is 0 Å².